The third-order valence-electron chi connectivity index (χ3n) is 4.92. The van der Waals surface area contributed by atoms with Crippen molar-refractivity contribution in [3.8, 4) is 0 Å². The van der Waals surface area contributed by atoms with Gasteiger partial charge in [0.1, 0.15) is 0 Å². The third kappa shape index (κ3) is 3.15. The molecule has 0 N–H and O–H groups in total. The number of benzene rings is 2. The Labute approximate surface area is 142 Å². The van der Waals surface area contributed by atoms with E-state index in [1.807, 2.05) is 35.2 Å². The van der Waals surface area contributed by atoms with Gasteiger partial charge in [0.25, 0.3) is 0 Å². The van der Waals surface area contributed by atoms with E-state index in [1.54, 1.807) is 0 Å². The Bertz CT molecular complexity index is 689. The molecule has 2 saturated heterocycles. The van der Waals surface area contributed by atoms with Gasteiger partial charge in [-0.25, -0.2) is 9.63 Å². The standard InChI is InChI=1S/C20H22N2O2/c23-20(22-19(24-22)18-10-5-2-6-11-18)21-14-7-12-17(13-15-21)16-8-3-1-4-9-16/h1-6,8-11,17,19H,7,12-15H2. The fourth-order valence-corrected chi connectivity index (χ4v) is 3.53. The van der Waals surface area contributed by atoms with E-state index in [4.69, 9.17) is 4.84 Å². The summed E-state index contributed by atoms with van der Waals surface area (Å²) in [7, 11) is 0. The maximum atomic E-state index is 12.7. The smallest absolute Gasteiger partial charge is 0.323 e. The number of urea groups is 1. The van der Waals surface area contributed by atoms with E-state index in [0.29, 0.717) is 5.92 Å². The van der Waals surface area contributed by atoms with E-state index in [-0.39, 0.29) is 12.3 Å². The first kappa shape index (κ1) is 15.2. The first-order valence-electron chi connectivity index (χ1n) is 8.68. The Kier molecular flexibility index (Phi) is 4.22. The van der Waals surface area contributed by atoms with E-state index >= 15 is 0 Å². The summed E-state index contributed by atoms with van der Waals surface area (Å²) < 4.78 is 0. The second kappa shape index (κ2) is 6.65. The second-order valence-electron chi connectivity index (χ2n) is 6.50. The zero-order valence-corrected chi connectivity index (χ0v) is 13.7. The van der Waals surface area contributed by atoms with Crippen molar-refractivity contribution in [2.45, 2.75) is 31.4 Å². The minimum Gasteiger partial charge on any atom is -0.323 e. The molecule has 0 saturated carbocycles. The highest BCUT2D eigenvalue weighted by Gasteiger charge is 2.44. The van der Waals surface area contributed by atoms with Crippen molar-refractivity contribution < 1.29 is 9.63 Å². The van der Waals surface area contributed by atoms with Crippen LogP contribution in [0.15, 0.2) is 60.7 Å². The predicted molar refractivity (Wildman–Crippen MR) is 92.1 cm³/mol. The monoisotopic (exact) mass is 322 g/mol. The summed E-state index contributed by atoms with van der Waals surface area (Å²) in [5, 5.41) is 1.50. The first-order chi connectivity index (χ1) is 11.8. The number of likely N-dealkylation sites (tertiary alicyclic amines) is 1. The normalized spacial score (nSPS) is 23.7. The fraction of sp³-hybridized carbons (Fsp3) is 0.350. The number of hydrogen-bond donors (Lipinski definition) is 0. The average molecular weight is 322 g/mol. The van der Waals surface area contributed by atoms with Gasteiger partial charge in [0.15, 0.2) is 0 Å². The summed E-state index contributed by atoms with van der Waals surface area (Å²) in [4.78, 5) is 20.1. The van der Waals surface area contributed by atoms with Crippen LogP contribution >= 0.6 is 0 Å². The molecule has 2 unspecified atom stereocenters. The lowest BCUT2D eigenvalue weighted by Crippen LogP contribution is -2.35. The molecule has 0 spiro atoms. The maximum Gasteiger partial charge on any atom is 0.346 e. The summed E-state index contributed by atoms with van der Waals surface area (Å²) in [5.41, 5.74) is 2.42. The van der Waals surface area contributed by atoms with Gasteiger partial charge in [-0.05, 0) is 30.7 Å². The van der Waals surface area contributed by atoms with E-state index < -0.39 is 0 Å². The van der Waals surface area contributed by atoms with Crippen molar-refractivity contribution in [1.29, 1.82) is 0 Å². The molecule has 2 aliphatic heterocycles. The minimum absolute atomic E-state index is 0.00225. The largest absolute Gasteiger partial charge is 0.346 e. The lowest BCUT2D eigenvalue weighted by molar-refractivity contribution is 0.139. The van der Waals surface area contributed by atoms with Crippen LogP contribution in [0.25, 0.3) is 0 Å². The number of amides is 2. The highest BCUT2D eigenvalue weighted by atomic mass is 16.8. The molecule has 0 aromatic heterocycles. The molecular formula is C20H22N2O2. The van der Waals surface area contributed by atoms with Crippen molar-refractivity contribution >= 4 is 6.03 Å². The molecule has 2 aromatic rings. The van der Waals surface area contributed by atoms with Gasteiger partial charge in [0, 0.05) is 18.7 Å². The van der Waals surface area contributed by atoms with Crippen molar-refractivity contribution in [3.05, 3.63) is 71.8 Å². The average Bonchev–Trinajstić information content (AvgIpc) is 3.46. The molecule has 2 aliphatic rings. The van der Waals surface area contributed by atoms with Crippen LogP contribution < -0.4 is 0 Å². The molecule has 2 aromatic carbocycles. The topological polar surface area (TPSA) is 35.9 Å². The van der Waals surface area contributed by atoms with Gasteiger partial charge in [0.2, 0.25) is 6.23 Å². The van der Waals surface area contributed by atoms with Crippen molar-refractivity contribution in [1.82, 2.24) is 9.96 Å². The van der Waals surface area contributed by atoms with Gasteiger partial charge in [-0.2, -0.15) is 5.06 Å². The quantitative estimate of drug-likeness (QED) is 0.772. The van der Waals surface area contributed by atoms with Gasteiger partial charge in [-0.3, -0.25) is 0 Å². The van der Waals surface area contributed by atoms with Gasteiger partial charge >= 0.3 is 6.03 Å². The maximum absolute atomic E-state index is 12.7. The number of hydroxylamine groups is 2. The van der Waals surface area contributed by atoms with Crippen LogP contribution in [0.2, 0.25) is 0 Å². The Morgan fingerprint density at radius 3 is 2.25 bits per heavy atom. The van der Waals surface area contributed by atoms with Crippen molar-refractivity contribution in [2.24, 2.45) is 0 Å². The molecule has 4 nitrogen and oxygen atoms in total. The van der Waals surface area contributed by atoms with Crippen molar-refractivity contribution in [2.75, 3.05) is 13.1 Å². The summed E-state index contributed by atoms with van der Waals surface area (Å²) in [6.07, 6.45) is 2.97. The van der Waals surface area contributed by atoms with Gasteiger partial charge in [-0.1, -0.05) is 60.7 Å². The first-order valence-corrected chi connectivity index (χ1v) is 8.68. The predicted octanol–water partition coefficient (Wildman–Crippen LogP) is 4.32. The molecule has 2 heterocycles. The molecule has 0 bridgehead atoms. The molecular weight excluding hydrogens is 300 g/mol. The lowest BCUT2D eigenvalue weighted by Gasteiger charge is -2.20. The summed E-state index contributed by atoms with van der Waals surface area (Å²) in [5.74, 6) is 0.545. The van der Waals surface area contributed by atoms with Crippen LogP contribution in [-0.4, -0.2) is 29.1 Å². The number of carbonyl (C=O) groups excluding carboxylic acids is 1. The molecule has 124 valence electrons. The number of hydrogen-bond acceptors (Lipinski definition) is 2. The van der Waals surface area contributed by atoms with Gasteiger partial charge < -0.3 is 4.90 Å². The third-order valence-corrected chi connectivity index (χ3v) is 4.92. The van der Waals surface area contributed by atoms with Crippen LogP contribution in [0.3, 0.4) is 0 Å². The molecule has 4 heteroatoms. The molecule has 24 heavy (non-hydrogen) atoms. The van der Waals surface area contributed by atoms with Crippen LogP contribution in [0, 0.1) is 0 Å². The number of carbonyl (C=O) groups is 1. The van der Waals surface area contributed by atoms with E-state index in [1.165, 1.54) is 10.6 Å². The molecule has 0 aliphatic carbocycles. The molecule has 2 atom stereocenters. The second-order valence-corrected chi connectivity index (χ2v) is 6.50. The van der Waals surface area contributed by atoms with E-state index in [9.17, 15) is 4.79 Å². The zero-order valence-electron chi connectivity index (χ0n) is 13.7. The highest BCUT2D eigenvalue weighted by Crippen LogP contribution is 2.38. The molecule has 4 rings (SSSR count). The minimum atomic E-state index is -0.216. The van der Waals surface area contributed by atoms with Crippen LogP contribution in [0.1, 0.15) is 42.5 Å². The Balaban J connectivity index is 1.37. The van der Waals surface area contributed by atoms with Crippen molar-refractivity contribution in [3.63, 3.8) is 0 Å². The Hall–Kier alpha value is -2.33. The highest BCUT2D eigenvalue weighted by molar-refractivity contribution is 5.75. The Morgan fingerprint density at radius 2 is 1.54 bits per heavy atom. The lowest BCUT2D eigenvalue weighted by atomic mass is 9.92. The van der Waals surface area contributed by atoms with Crippen LogP contribution in [0.4, 0.5) is 4.79 Å². The summed E-state index contributed by atoms with van der Waals surface area (Å²) >= 11 is 0. The van der Waals surface area contributed by atoms with E-state index in [0.717, 1.165) is 37.9 Å². The zero-order chi connectivity index (χ0) is 16.4. The summed E-state index contributed by atoms with van der Waals surface area (Å²) in [6.45, 7) is 1.60. The SMILES string of the molecule is O=C(N1CCCC(c2ccccc2)CC1)N1OC1c1ccccc1. The van der Waals surface area contributed by atoms with E-state index in [2.05, 4.69) is 30.3 Å². The Morgan fingerprint density at radius 1 is 0.875 bits per heavy atom. The number of rotatable bonds is 2. The number of nitrogens with zero attached hydrogens (tertiary/aromatic N) is 2. The fourth-order valence-electron chi connectivity index (χ4n) is 3.53. The molecule has 2 amide bonds. The van der Waals surface area contributed by atoms with Gasteiger partial charge in [-0.15, -0.1) is 0 Å². The summed E-state index contributed by atoms with van der Waals surface area (Å²) in [6, 6.07) is 20.5. The molecule has 2 fully saturated rings. The van der Waals surface area contributed by atoms with Gasteiger partial charge in [0.05, 0.1) is 0 Å². The van der Waals surface area contributed by atoms with Crippen LogP contribution in [-0.2, 0) is 4.84 Å². The molecule has 0 radical (unpaired) electrons. The van der Waals surface area contributed by atoms with Crippen LogP contribution in [0.5, 0.6) is 0 Å².